The first-order valence-corrected chi connectivity index (χ1v) is 14.8. The van der Waals surface area contributed by atoms with Gasteiger partial charge in [0.25, 0.3) is 5.91 Å². The fraction of sp³-hybridized carbons (Fsp3) is 0.286. The van der Waals surface area contributed by atoms with Gasteiger partial charge in [-0.1, -0.05) is 54.6 Å². The lowest BCUT2D eigenvalue weighted by Gasteiger charge is -2.50. The molecule has 0 fully saturated rings. The number of nitrogens with two attached hydrogens (primary N) is 1. The Bertz CT molecular complexity index is 1800. The number of benzene rings is 3. The predicted molar refractivity (Wildman–Crippen MR) is 166 cm³/mol. The number of hydrogen-bond donors (Lipinski definition) is 6. The Balaban J connectivity index is 1.39. The third-order valence-electron chi connectivity index (χ3n) is 9.35. The summed E-state index contributed by atoms with van der Waals surface area (Å²) in [5.41, 5.74) is 6.07. The van der Waals surface area contributed by atoms with Gasteiger partial charge in [-0.2, -0.15) is 0 Å². The lowest BCUT2D eigenvalue weighted by atomic mass is 9.58. The van der Waals surface area contributed by atoms with Crippen LogP contribution in [-0.2, 0) is 29.1 Å². The molecule has 0 heterocycles. The molecule has 232 valence electrons. The SMILES string of the molecule is CN(C)[C@@H]1C(O)=C(C(N)=O)C(=O)[C@@]2(O)C(O)=C3C(=O)c4c(O)ccc(-c5cccc(CNCc6ccccc6)c5)c4C[C@@H]3C[C@@H]12. The van der Waals surface area contributed by atoms with Gasteiger partial charge < -0.3 is 31.5 Å². The van der Waals surface area contributed by atoms with E-state index in [1.54, 1.807) is 20.2 Å². The van der Waals surface area contributed by atoms with Crippen molar-refractivity contribution in [3.63, 3.8) is 0 Å². The molecule has 7 N–H and O–H groups in total. The first kappa shape index (κ1) is 30.3. The summed E-state index contributed by atoms with van der Waals surface area (Å²) in [5.74, 6) is -6.70. The summed E-state index contributed by atoms with van der Waals surface area (Å²) in [6.45, 7) is 1.31. The molecule has 3 aliphatic rings. The van der Waals surface area contributed by atoms with Gasteiger partial charge in [-0.3, -0.25) is 19.3 Å². The number of phenols is 1. The quantitative estimate of drug-likeness (QED) is 0.220. The van der Waals surface area contributed by atoms with Crippen molar-refractivity contribution < 1.29 is 34.8 Å². The largest absolute Gasteiger partial charge is 0.510 e. The maximum Gasteiger partial charge on any atom is 0.255 e. The highest BCUT2D eigenvalue weighted by molar-refractivity contribution is 6.24. The van der Waals surface area contributed by atoms with Crippen LogP contribution in [-0.4, -0.2) is 68.5 Å². The number of aliphatic hydroxyl groups excluding tert-OH is 2. The van der Waals surface area contributed by atoms with Gasteiger partial charge in [-0.25, -0.2) is 0 Å². The van der Waals surface area contributed by atoms with Crippen LogP contribution in [0.15, 0.2) is 89.4 Å². The Morgan fingerprint density at radius 1 is 0.978 bits per heavy atom. The lowest BCUT2D eigenvalue weighted by molar-refractivity contribution is -0.148. The maximum absolute atomic E-state index is 14.1. The number of Topliss-reactive ketones (excluding diaryl/α,β-unsaturated/α-hetero) is 2. The van der Waals surface area contributed by atoms with Gasteiger partial charge in [0.1, 0.15) is 22.8 Å². The molecule has 4 atom stereocenters. The fourth-order valence-electron chi connectivity index (χ4n) is 7.32. The zero-order valence-electron chi connectivity index (χ0n) is 24.9. The van der Waals surface area contributed by atoms with Crippen molar-refractivity contribution in [2.24, 2.45) is 17.6 Å². The number of hydrogen-bond acceptors (Lipinski definition) is 9. The number of aromatic hydroxyl groups is 1. The van der Waals surface area contributed by atoms with Crippen molar-refractivity contribution >= 4 is 17.5 Å². The maximum atomic E-state index is 14.1. The summed E-state index contributed by atoms with van der Waals surface area (Å²) < 4.78 is 0. The lowest BCUT2D eigenvalue weighted by Crippen LogP contribution is -2.63. The number of phenolic OH excluding ortho intramolecular Hbond substituents is 1. The molecule has 0 aromatic heterocycles. The number of fused-ring (bicyclic) bond motifs is 3. The van der Waals surface area contributed by atoms with E-state index in [4.69, 9.17) is 5.73 Å². The van der Waals surface area contributed by atoms with E-state index in [0.717, 1.165) is 22.3 Å². The van der Waals surface area contributed by atoms with Crippen molar-refractivity contribution in [1.82, 2.24) is 10.2 Å². The number of rotatable bonds is 7. The third-order valence-corrected chi connectivity index (χ3v) is 9.35. The molecule has 10 heteroatoms. The highest BCUT2D eigenvalue weighted by Gasteiger charge is 2.63. The smallest absolute Gasteiger partial charge is 0.255 e. The Morgan fingerprint density at radius 2 is 1.67 bits per heavy atom. The van der Waals surface area contributed by atoms with E-state index in [1.165, 1.54) is 11.0 Å². The Morgan fingerprint density at radius 3 is 2.36 bits per heavy atom. The number of primary amides is 1. The van der Waals surface area contributed by atoms with Crippen LogP contribution in [0.5, 0.6) is 5.75 Å². The summed E-state index contributed by atoms with van der Waals surface area (Å²) in [6.07, 6.45) is 0.249. The number of ketones is 2. The second-order valence-electron chi connectivity index (χ2n) is 12.2. The summed E-state index contributed by atoms with van der Waals surface area (Å²) in [5, 5.41) is 48.6. The molecule has 0 saturated heterocycles. The van der Waals surface area contributed by atoms with E-state index < -0.39 is 58.0 Å². The summed E-state index contributed by atoms with van der Waals surface area (Å²) in [6, 6.07) is 20.1. The number of amides is 1. The number of aliphatic hydroxyl groups is 3. The van der Waals surface area contributed by atoms with Crippen LogP contribution in [0.1, 0.15) is 33.5 Å². The van der Waals surface area contributed by atoms with Crippen LogP contribution < -0.4 is 11.1 Å². The number of likely N-dealkylation sites (N-methyl/N-ethyl adjacent to an activating group) is 1. The average Bonchev–Trinajstić information content (AvgIpc) is 2.99. The molecule has 6 rings (SSSR count). The minimum Gasteiger partial charge on any atom is -0.510 e. The minimum absolute atomic E-state index is 0.0131. The van der Waals surface area contributed by atoms with Gasteiger partial charge in [0.2, 0.25) is 5.78 Å². The average molecular weight is 610 g/mol. The van der Waals surface area contributed by atoms with Crippen molar-refractivity contribution in [3.05, 3.63) is 112 Å². The van der Waals surface area contributed by atoms with Crippen molar-refractivity contribution in [2.45, 2.75) is 37.6 Å². The zero-order valence-corrected chi connectivity index (χ0v) is 24.9. The van der Waals surface area contributed by atoms with Crippen molar-refractivity contribution in [1.29, 1.82) is 0 Å². The molecule has 3 aromatic rings. The van der Waals surface area contributed by atoms with Gasteiger partial charge in [-0.15, -0.1) is 0 Å². The monoisotopic (exact) mass is 609 g/mol. The minimum atomic E-state index is -2.67. The molecule has 0 saturated carbocycles. The molecule has 0 spiro atoms. The number of carbonyl (C=O) groups excluding carboxylic acids is 3. The van der Waals surface area contributed by atoms with Crippen molar-refractivity contribution in [3.8, 4) is 16.9 Å². The first-order chi connectivity index (χ1) is 21.4. The van der Waals surface area contributed by atoms with Gasteiger partial charge >= 0.3 is 0 Å². The van der Waals surface area contributed by atoms with E-state index in [-0.39, 0.29) is 29.7 Å². The highest BCUT2D eigenvalue weighted by atomic mass is 16.3. The molecule has 3 aromatic carbocycles. The molecule has 0 radical (unpaired) electrons. The van der Waals surface area contributed by atoms with E-state index in [9.17, 15) is 34.8 Å². The highest BCUT2D eigenvalue weighted by Crippen LogP contribution is 2.53. The summed E-state index contributed by atoms with van der Waals surface area (Å²) in [7, 11) is 3.20. The van der Waals surface area contributed by atoms with E-state index in [1.807, 2.05) is 54.6 Å². The second-order valence-corrected chi connectivity index (χ2v) is 12.2. The van der Waals surface area contributed by atoms with Crippen molar-refractivity contribution in [2.75, 3.05) is 14.1 Å². The Kier molecular flexibility index (Phi) is 7.60. The van der Waals surface area contributed by atoms with Crippen LogP contribution in [0.2, 0.25) is 0 Å². The van der Waals surface area contributed by atoms with Crippen LogP contribution in [0.3, 0.4) is 0 Å². The zero-order chi connectivity index (χ0) is 32.2. The topological polar surface area (TPSA) is 173 Å². The van der Waals surface area contributed by atoms with Gasteiger partial charge in [0.15, 0.2) is 11.4 Å². The van der Waals surface area contributed by atoms with Crippen LogP contribution in [0, 0.1) is 11.8 Å². The third kappa shape index (κ3) is 4.82. The predicted octanol–water partition coefficient (Wildman–Crippen LogP) is 3.08. The number of allylic oxidation sites excluding steroid dienone is 1. The van der Waals surface area contributed by atoms with Gasteiger partial charge in [0, 0.05) is 24.6 Å². The van der Waals surface area contributed by atoms with E-state index in [0.29, 0.717) is 18.7 Å². The van der Waals surface area contributed by atoms with Crippen LogP contribution in [0.25, 0.3) is 11.1 Å². The van der Waals surface area contributed by atoms with Crippen LogP contribution >= 0.6 is 0 Å². The molecule has 45 heavy (non-hydrogen) atoms. The van der Waals surface area contributed by atoms with Crippen LogP contribution in [0.4, 0.5) is 0 Å². The molecule has 1 amide bonds. The molecule has 3 aliphatic carbocycles. The number of nitrogens with zero attached hydrogens (tertiary/aromatic N) is 1. The fourth-order valence-corrected chi connectivity index (χ4v) is 7.32. The standard InChI is InChI=1S/C35H35N3O7/c1-38(2)29-24-15-21-14-23-22(20-10-6-9-19(13-20)17-37-16-18-7-4-3-5-8-18)11-12-25(39)27(23)30(40)26(21)32(42)35(24,45)33(43)28(31(29)41)34(36)44/h3-13,21,24,29,37,39,41-42,45H,14-17H2,1-2H3,(H2,36,44)/t21-,24+,29+,35+/m1/s1. The Labute approximate surface area is 260 Å². The van der Waals surface area contributed by atoms with E-state index in [2.05, 4.69) is 5.32 Å². The Hall–Kier alpha value is -4.77. The van der Waals surface area contributed by atoms with Gasteiger partial charge in [0.05, 0.1) is 11.6 Å². The first-order valence-electron chi connectivity index (χ1n) is 14.8. The number of nitrogens with one attached hydrogen (secondary N) is 1. The van der Waals surface area contributed by atoms with Gasteiger partial charge in [-0.05, 0) is 72.8 Å². The molecular weight excluding hydrogens is 574 g/mol. The number of carbonyl (C=O) groups is 3. The van der Waals surface area contributed by atoms with E-state index >= 15 is 0 Å². The second kappa shape index (κ2) is 11.3. The molecule has 0 aliphatic heterocycles. The molecule has 0 bridgehead atoms. The molecular formula is C35H35N3O7. The summed E-state index contributed by atoms with van der Waals surface area (Å²) in [4.78, 5) is 41.3. The summed E-state index contributed by atoms with van der Waals surface area (Å²) >= 11 is 0. The molecule has 0 unspecified atom stereocenters. The normalized spacial score (nSPS) is 24.4. The molecule has 10 nitrogen and oxygen atoms in total.